The third kappa shape index (κ3) is 1.41. The minimum Gasteiger partial charge on any atom is -0.386 e. The maximum atomic E-state index is 10.6. The van der Waals surface area contributed by atoms with Crippen molar-refractivity contribution in [3.05, 3.63) is 76.9 Å². The Hall–Kier alpha value is -2.16. The van der Waals surface area contributed by atoms with Gasteiger partial charge < -0.3 is 10.2 Å². The van der Waals surface area contributed by atoms with Crippen molar-refractivity contribution in [2.75, 3.05) is 0 Å². The SMILES string of the molecule is O[C@@H]1C2=CC=CC3C=Cc4c(c(cc5ccccc45)[C@@H]1O)C23. The summed E-state index contributed by atoms with van der Waals surface area (Å²) in [7, 11) is 0. The molecule has 2 aromatic rings. The molecule has 22 heavy (non-hydrogen) atoms. The molecule has 0 aromatic heterocycles. The van der Waals surface area contributed by atoms with E-state index in [0.717, 1.165) is 16.5 Å². The van der Waals surface area contributed by atoms with Crippen LogP contribution in [0.2, 0.25) is 0 Å². The highest BCUT2D eigenvalue weighted by Crippen LogP contribution is 2.52. The summed E-state index contributed by atoms with van der Waals surface area (Å²) >= 11 is 0. The van der Waals surface area contributed by atoms with E-state index in [1.807, 2.05) is 24.3 Å². The maximum absolute atomic E-state index is 10.6. The molecule has 0 fully saturated rings. The molecule has 108 valence electrons. The first kappa shape index (κ1) is 12.4. The van der Waals surface area contributed by atoms with E-state index in [1.54, 1.807) is 0 Å². The lowest BCUT2D eigenvalue weighted by molar-refractivity contribution is 0.0295. The highest BCUT2D eigenvalue weighted by Gasteiger charge is 2.42. The van der Waals surface area contributed by atoms with Gasteiger partial charge in [0.25, 0.3) is 0 Å². The third-order valence-corrected chi connectivity index (χ3v) is 5.28. The molecule has 2 aromatic carbocycles. The smallest absolute Gasteiger partial charge is 0.109 e. The van der Waals surface area contributed by atoms with Crippen LogP contribution in [0.5, 0.6) is 0 Å². The lowest BCUT2D eigenvalue weighted by Gasteiger charge is -2.42. The van der Waals surface area contributed by atoms with E-state index < -0.39 is 12.2 Å². The molecule has 5 rings (SSSR count). The van der Waals surface area contributed by atoms with Gasteiger partial charge in [0.2, 0.25) is 0 Å². The van der Waals surface area contributed by atoms with Gasteiger partial charge in [-0.05, 0) is 39.1 Å². The lowest BCUT2D eigenvalue weighted by atomic mass is 9.64. The van der Waals surface area contributed by atoms with Crippen LogP contribution in [-0.4, -0.2) is 16.3 Å². The summed E-state index contributed by atoms with van der Waals surface area (Å²) in [6.07, 6.45) is 8.88. The van der Waals surface area contributed by atoms with E-state index in [4.69, 9.17) is 0 Å². The molecule has 0 heterocycles. The summed E-state index contributed by atoms with van der Waals surface area (Å²) in [5.41, 5.74) is 4.21. The third-order valence-electron chi connectivity index (χ3n) is 5.28. The van der Waals surface area contributed by atoms with E-state index in [9.17, 15) is 10.2 Å². The average molecular weight is 288 g/mol. The first-order valence-electron chi connectivity index (χ1n) is 7.74. The number of allylic oxidation sites excluding steroid dienone is 4. The Balaban J connectivity index is 1.93. The summed E-state index contributed by atoms with van der Waals surface area (Å²) < 4.78 is 0. The van der Waals surface area contributed by atoms with Crippen LogP contribution in [-0.2, 0) is 0 Å². The number of hydrogen-bond donors (Lipinski definition) is 2. The number of benzene rings is 2. The second kappa shape index (κ2) is 4.19. The monoisotopic (exact) mass is 288 g/mol. The molecular weight excluding hydrogens is 272 g/mol. The van der Waals surface area contributed by atoms with Crippen molar-refractivity contribution in [1.29, 1.82) is 0 Å². The first-order chi connectivity index (χ1) is 10.8. The fraction of sp³-hybridized carbons (Fsp3) is 0.200. The minimum atomic E-state index is -0.848. The molecule has 2 heteroatoms. The second-order valence-electron chi connectivity index (χ2n) is 6.37. The summed E-state index contributed by atoms with van der Waals surface area (Å²) in [4.78, 5) is 0. The molecule has 3 aliphatic carbocycles. The standard InChI is InChI=1S/C20H16O2/c21-19-15-7-3-5-11-8-9-14-13-6-2-1-4-12(13)10-16(20(19)22)18(14)17(11)15/h1-11,17,19-22H/t11?,17?,19-,20+/m1/s1. The van der Waals surface area contributed by atoms with E-state index >= 15 is 0 Å². The molecule has 2 nitrogen and oxygen atoms in total. The van der Waals surface area contributed by atoms with Gasteiger partial charge in [-0.2, -0.15) is 0 Å². The molecule has 0 bridgehead atoms. The summed E-state index contributed by atoms with van der Waals surface area (Å²) in [5.74, 6) is 0.428. The Morgan fingerprint density at radius 1 is 0.955 bits per heavy atom. The van der Waals surface area contributed by atoms with Gasteiger partial charge in [-0.3, -0.25) is 0 Å². The van der Waals surface area contributed by atoms with Crippen molar-refractivity contribution in [2.24, 2.45) is 5.92 Å². The van der Waals surface area contributed by atoms with Crippen molar-refractivity contribution in [2.45, 2.75) is 18.1 Å². The molecule has 2 N–H and O–H groups in total. The van der Waals surface area contributed by atoms with E-state index in [1.165, 1.54) is 16.5 Å². The zero-order valence-electron chi connectivity index (χ0n) is 12.0. The van der Waals surface area contributed by atoms with Gasteiger partial charge in [-0.1, -0.05) is 54.6 Å². The quantitative estimate of drug-likeness (QED) is 0.779. The number of hydrogen-bond acceptors (Lipinski definition) is 2. The van der Waals surface area contributed by atoms with Crippen molar-refractivity contribution in [3.8, 4) is 0 Å². The molecule has 4 atom stereocenters. The molecule has 0 saturated heterocycles. The van der Waals surface area contributed by atoms with Crippen LogP contribution in [0.1, 0.15) is 28.7 Å². The van der Waals surface area contributed by atoms with Crippen molar-refractivity contribution in [1.82, 2.24) is 0 Å². The maximum Gasteiger partial charge on any atom is 0.109 e. The highest BCUT2D eigenvalue weighted by atomic mass is 16.3. The van der Waals surface area contributed by atoms with Crippen LogP contribution in [0.25, 0.3) is 16.8 Å². The van der Waals surface area contributed by atoms with Crippen LogP contribution in [0, 0.1) is 5.92 Å². The minimum absolute atomic E-state index is 0.156. The summed E-state index contributed by atoms with van der Waals surface area (Å²) in [5, 5.41) is 23.5. The predicted molar refractivity (Wildman–Crippen MR) is 87.4 cm³/mol. The van der Waals surface area contributed by atoms with Gasteiger partial charge in [0, 0.05) is 11.8 Å². The van der Waals surface area contributed by atoms with Gasteiger partial charge in [0.1, 0.15) is 12.2 Å². The molecule has 2 unspecified atom stereocenters. The van der Waals surface area contributed by atoms with Gasteiger partial charge in [0.15, 0.2) is 0 Å². The molecule has 0 saturated carbocycles. The number of aliphatic hydroxyl groups is 2. The fourth-order valence-electron chi connectivity index (χ4n) is 4.29. The lowest BCUT2D eigenvalue weighted by Crippen LogP contribution is -2.35. The van der Waals surface area contributed by atoms with Crippen molar-refractivity contribution in [3.63, 3.8) is 0 Å². The van der Waals surface area contributed by atoms with Crippen LogP contribution >= 0.6 is 0 Å². The van der Waals surface area contributed by atoms with Gasteiger partial charge in [-0.25, -0.2) is 0 Å². The average Bonchev–Trinajstić information content (AvgIpc) is 2.57. The van der Waals surface area contributed by atoms with Gasteiger partial charge >= 0.3 is 0 Å². The van der Waals surface area contributed by atoms with Gasteiger partial charge in [0.05, 0.1) is 0 Å². The number of rotatable bonds is 0. The molecule has 0 radical (unpaired) electrons. The van der Waals surface area contributed by atoms with Crippen molar-refractivity contribution < 1.29 is 10.2 Å². The second-order valence-corrected chi connectivity index (χ2v) is 6.37. The Bertz CT molecular complexity index is 888. The highest BCUT2D eigenvalue weighted by molar-refractivity contribution is 5.94. The fourth-order valence-corrected chi connectivity index (χ4v) is 4.29. The summed E-state index contributed by atoms with van der Waals surface area (Å²) in [6.45, 7) is 0. The zero-order chi connectivity index (χ0) is 14.8. The topological polar surface area (TPSA) is 40.5 Å². The first-order valence-corrected chi connectivity index (χ1v) is 7.74. The molecule has 3 aliphatic rings. The Labute approximate surface area is 128 Å². The molecule has 0 spiro atoms. The van der Waals surface area contributed by atoms with Gasteiger partial charge in [-0.15, -0.1) is 0 Å². The van der Waals surface area contributed by atoms with E-state index in [2.05, 4.69) is 36.4 Å². The molecule has 0 aliphatic heterocycles. The van der Waals surface area contributed by atoms with E-state index in [-0.39, 0.29) is 11.8 Å². The van der Waals surface area contributed by atoms with Crippen LogP contribution in [0.4, 0.5) is 0 Å². The van der Waals surface area contributed by atoms with Crippen molar-refractivity contribution >= 4 is 16.8 Å². The Morgan fingerprint density at radius 2 is 1.82 bits per heavy atom. The van der Waals surface area contributed by atoms with Crippen LogP contribution in [0.15, 0.2) is 60.2 Å². The molecule has 0 amide bonds. The number of fused-ring (bicyclic) bond motifs is 2. The Morgan fingerprint density at radius 3 is 2.73 bits per heavy atom. The van der Waals surface area contributed by atoms with E-state index in [0.29, 0.717) is 0 Å². The normalized spacial score (nSPS) is 31.1. The van der Waals surface area contributed by atoms with Crippen LogP contribution < -0.4 is 0 Å². The largest absolute Gasteiger partial charge is 0.386 e. The number of aliphatic hydroxyl groups excluding tert-OH is 2. The zero-order valence-corrected chi connectivity index (χ0v) is 12.0. The Kier molecular flexibility index (Phi) is 2.36. The summed E-state index contributed by atoms with van der Waals surface area (Å²) in [6, 6.07) is 10.3. The molecular formula is C20H16O2. The van der Waals surface area contributed by atoms with Crippen LogP contribution in [0.3, 0.4) is 0 Å². The predicted octanol–water partition coefficient (Wildman–Crippen LogP) is 3.47.